The summed E-state index contributed by atoms with van der Waals surface area (Å²) in [7, 11) is -22.6. The van der Waals surface area contributed by atoms with E-state index in [1.54, 1.807) is 0 Å². The molecule has 106 valence electrons. The van der Waals surface area contributed by atoms with Gasteiger partial charge >= 0.3 is 60.8 Å². The van der Waals surface area contributed by atoms with Crippen LogP contribution < -0.4 is 29.6 Å². The van der Waals surface area contributed by atoms with E-state index in [0.29, 0.717) is 0 Å². The summed E-state index contributed by atoms with van der Waals surface area (Å²) in [6, 6.07) is 0. The normalized spacial score (nSPS) is 19.4. The molecule has 18 heavy (non-hydrogen) atoms. The molecule has 0 radical (unpaired) electrons. The van der Waals surface area contributed by atoms with Gasteiger partial charge in [-0.2, -0.15) is 12.9 Å². The fourth-order valence-corrected chi connectivity index (χ4v) is 4.40. The largest absolute Gasteiger partial charge is 1.00 e. The second-order valence-electron chi connectivity index (χ2n) is 2.16. The van der Waals surface area contributed by atoms with Gasteiger partial charge in [0.2, 0.25) is 0 Å². The van der Waals surface area contributed by atoms with E-state index in [-0.39, 0.29) is 31.0 Å². The first-order chi connectivity index (χ1) is 7.12. The van der Waals surface area contributed by atoms with Gasteiger partial charge in [0.25, 0.3) is 0 Å². The molecule has 2 atom stereocenters. The molecule has 0 heterocycles. The van der Waals surface area contributed by atoms with Crippen molar-refractivity contribution >= 4 is 31.3 Å². The van der Waals surface area contributed by atoms with Gasteiger partial charge in [0.05, 0.1) is 0 Å². The molecule has 0 amide bonds. The Balaban J connectivity index is -0.00000128. The molecule has 0 bridgehead atoms. The fourth-order valence-electron chi connectivity index (χ4n) is 0.429. The van der Waals surface area contributed by atoms with Crippen LogP contribution in [-0.2, 0) is 31.2 Å². The van der Waals surface area contributed by atoms with Crippen LogP contribution >= 0.6 is 31.3 Å². The van der Waals surface area contributed by atoms with Crippen molar-refractivity contribution in [1.82, 2.24) is 0 Å². The van der Waals surface area contributed by atoms with Gasteiger partial charge in [0.1, 0.15) is 0 Å². The molecule has 13 nitrogen and oxygen atoms in total. The van der Waals surface area contributed by atoms with Crippen molar-refractivity contribution in [3.63, 3.8) is 0 Å². The molecule has 0 aliphatic carbocycles. The zero-order valence-corrected chi connectivity index (χ0v) is 13.9. The van der Waals surface area contributed by atoms with Crippen molar-refractivity contribution in [2.24, 2.45) is 0 Å². The van der Waals surface area contributed by atoms with Gasteiger partial charge in [-0.3, -0.25) is 0 Å². The van der Waals surface area contributed by atoms with Crippen LogP contribution in [0.2, 0.25) is 0 Å². The van der Waals surface area contributed by atoms with Crippen molar-refractivity contribution in [3.8, 4) is 0 Å². The summed E-state index contributed by atoms with van der Waals surface area (Å²) in [5, 5.41) is 0. The van der Waals surface area contributed by atoms with E-state index in [1.807, 2.05) is 0 Å². The van der Waals surface area contributed by atoms with E-state index in [4.69, 9.17) is 29.4 Å². The number of hydrogen-bond acceptors (Lipinski definition) is 7. The van der Waals surface area contributed by atoms with Gasteiger partial charge in [-0.05, 0) is 0 Å². The smallest absolute Gasteiger partial charge is 1.00 e. The Morgan fingerprint density at radius 3 is 1.00 bits per heavy atom. The summed E-state index contributed by atoms with van der Waals surface area (Å²) in [5.41, 5.74) is 0. The molecule has 0 rings (SSSR count). The topological polar surface area (TPSA) is 217 Å². The molecule has 6 N–H and O–H groups in total. The van der Waals surface area contributed by atoms with Gasteiger partial charge in [-0.1, -0.05) is 0 Å². The third-order valence-corrected chi connectivity index (χ3v) is 5.63. The number of phosphoric acid groups is 4. The molecule has 0 aromatic carbocycles. The Kier molecular flexibility index (Phi) is 8.52. The predicted octanol–water partition coefficient (Wildman–Crippen LogP) is -3.46. The zero-order valence-electron chi connectivity index (χ0n) is 9.33. The Bertz CT molecular complexity index is 413. The Labute approximate surface area is 123 Å². The number of hydrogen-bond donors (Lipinski definition) is 6. The van der Waals surface area contributed by atoms with Crippen LogP contribution in [0.5, 0.6) is 0 Å². The SMILES string of the molecule is O=P(O)(O)OP(=O)(O)OP(=O)(O)OP(=O)(O)O.[H-].[Na+]. The quantitative estimate of drug-likeness (QED) is 0.200. The average molecular weight is 362 g/mol. The van der Waals surface area contributed by atoms with Gasteiger partial charge in [0.15, 0.2) is 0 Å². The minimum atomic E-state index is -5.77. The third kappa shape index (κ3) is 12.6. The maximum atomic E-state index is 10.7. The Hall–Kier alpha value is 1.56. The minimum absolute atomic E-state index is 0. The summed E-state index contributed by atoms with van der Waals surface area (Å²) in [6.07, 6.45) is 0. The van der Waals surface area contributed by atoms with Crippen molar-refractivity contribution < 1.29 is 91.5 Å². The summed E-state index contributed by atoms with van der Waals surface area (Å²) >= 11 is 0. The van der Waals surface area contributed by atoms with E-state index >= 15 is 0 Å². The maximum Gasteiger partial charge on any atom is 1.00 e. The van der Waals surface area contributed by atoms with Gasteiger partial charge < -0.3 is 30.8 Å². The van der Waals surface area contributed by atoms with Gasteiger partial charge in [-0.25, -0.2) is 18.3 Å². The van der Waals surface area contributed by atoms with Crippen LogP contribution in [0.4, 0.5) is 0 Å². The van der Waals surface area contributed by atoms with Crippen LogP contribution in [0.3, 0.4) is 0 Å². The van der Waals surface area contributed by atoms with Crippen molar-refractivity contribution in [3.05, 3.63) is 0 Å². The van der Waals surface area contributed by atoms with Crippen molar-refractivity contribution in [2.75, 3.05) is 0 Å². The van der Waals surface area contributed by atoms with E-state index in [1.165, 1.54) is 0 Å². The summed E-state index contributed by atoms with van der Waals surface area (Å²) in [6.45, 7) is 0. The molecule has 0 spiro atoms. The molecule has 0 saturated heterocycles. The monoisotopic (exact) mass is 362 g/mol. The zero-order chi connectivity index (χ0) is 14.1. The van der Waals surface area contributed by atoms with Crippen LogP contribution in [0.1, 0.15) is 1.43 Å². The van der Waals surface area contributed by atoms with Crippen LogP contribution in [-0.4, -0.2) is 29.4 Å². The molecule has 0 aliphatic heterocycles. The Morgan fingerprint density at radius 1 is 0.611 bits per heavy atom. The minimum Gasteiger partial charge on any atom is -1.00 e. The molecule has 0 aromatic heterocycles. The molecular formula is H7NaO13P4. The van der Waals surface area contributed by atoms with Crippen LogP contribution in [0.15, 0.2) is 0 Å². The standard InChI is InChI=1S/Na.H6O13P4.H/c;1-14(2,3)11-16(7,8)13-17(9,10)12-15(4,5)6;/h;(H,7,8)(H,9,10)(H2,1,2,3)(H2,4,5,6);/q+1;;-1. The van der Waals surface area contributed by atoms with Crippen molar-refractivity contribution in [1.29, 1.82) is 0 Å². The van der Waals surface area contributed by atoms with E-state index < -0.39 is 31.3 Å². The average Bonchev–Trinajstić information content (AvgIpc) is 1.65. The number of rotatable bonds is 6. The Morgan fingerprint density at radius 2 is 0.833 bits per heavy atom. The second kappa shape index (κ2) is 7.02. The summed E-state index contributed by atoms with van der Waals surface area (Å²) in [5.74, 6) is 0. The molecule has 18 heteroatoms. The summed E-state index contributed by atoms with van der Waals surface area (Å²) in [4.78, 5) is 49.4. The molecular weight excluding hydrogens is 355 g/mol. The molecule has 0 saturated carbocycles. The maximum absolute atomic E-state index is 10.7. The van der Waals surface area contributed by atoms with Crippen LogP contribution in [0.25, 0.3) is 0 Å². The van der Waals surface area contributed by atoms with E-state index in [0.717, 1.165) is 0 Å². The third-order valence-electron chi connectivity index (χ3n) is 0.625. The van der Waals surface area contributed by atoms with Crippen LogP contribution in [0, 0.1) is 0 Å². The van der Waals surface area contributed by atoms with E-state index in [2.05, 4.69) is 12.9 Å². The first-order valence-electron chi connectivity index (χ1n) is 3.03. The van der Waals surface area contributed by atoms with Crippen molar-refractivity contribution in [2.45, 2.75) is 0 Å². The second-order valence-corrected chi connectivity index (χ2v) is 7.96. The fraction of sp³-hybridized carbons (Fsp3) is 0. The first kappa shape index (κ1) is 21.9. The molecule has 0 aliphatic rings. The molecule has 0 fully saturated rings. The summed E-state index contributed by atoms with van der Waals surface area (Å²) < 4.78 is 50.9. The van der Waals surface area contributed by atoms with Gasteiger partial charge in [0, 0.05) is 0 Å². The predicted molar refractivity (Wildman–Crippen MR) is 48.1 cm³/mol. The van der Waals surface area contributed by atoms with E-state index in [9.17, 15) is 18.3 Å². The first-order valence-corrected chi connectivity index (χ1v) is 9.08. The molecule has 2 unspecified atom stereocenters. The molecule has 0 aromatic rings. The van der Waals surface area contributed by atoms with Gasteiger partial charge in [-0.15, -0.1) is 0 Å².